The van der Waals surface area contributed by atoms with Gasteiger partial charge in [0.2, 0.25) is 0 Å². The molecule has 0 fully saturated rings. The van der Waals surface area contributed by atoms with Crippen LogP contribution >= 0.6 is 0 Å². The van der Waals surface area contributed by atoms with E-state index in [2.05, 4.69) is 5.32 Å². The Morgan fingerprint density at radius 3 is 2.45 bits per heavy atom. The molecule has 3 nitrogen and oxygen atoms in total. The quantitative estimate of drug-likeness (QED) is 0.617. The Labute approximate surface area is 169 Å². The summed E-state index contributed by atoms with van der Waals surface area (Å²) in [5, 5.41) is 2.99. The lowest BCUT2D eigenvalue weighted by atomic mass is 9.95. The monoisotopic (exact) mass is 394 g/mol. The lowest BCUT2D eigenvalue weighted by molar-refractivity contribution is 0.101. The molecule has 4 rings (SSSR count). The van der Waals surface area contributed by atoms with E-state index in [1.165, 1.54) is 11.6 Å². The summed E-state index contributed by atoms with van der Waals surface area (Å²) < 4.78 is 29.1. The van der Waals surface area contributed by atoms with Crippen LogP contribution in [-0.4, -0.2) is 10.5 Å². The van der Waals surface area contributed by atoms with Crippen molar-refractivity contribution in [1.82, 2.24) is 4.57 Å². The van der Waals surface area contributed by atoms with Gasteiger partial charge < -0.3 is 9.88 Å². The molecular formula is C24H24F2N2O. The van der Waals surface area contributed by atoms with Gasteiger partial charge in [-0.25, -0.2) is 8.78 Å². The van der Waals surface area contributed by atoms with Crippen LogP contribution in [0.25, 0.3) is 0 Å². The lowest BCUT2D eigenvalue weighted by Crippen LogP contribution is -2.20. The van der Waals surface area contributed by atoms with Gasteiger partial charge in [-0.2, -0.15) is 0 Å². The van der Waals surface area contributed by atoms with E-state index < -0.39 is 11.6 Å². The van der Waals surface area contributed by atoms with Crippen LogP contribution in [0.4, 0.5) is 14.5 Å². The molecule has 0 saturated carbocycles. The minimum atomic E-state index is -0.870. The highest BCUT2D eigenvalue weighted by molar-refractivity contribution is 6.04. The number of hydrogen-bond donors (Lipinski definition) is 1. The summed E-state index contributed by atoms with van der Waals surface area (Å²) in [5.74, 6) is -1.91. The van der Waals surface area contributed by atoms with Gasteiger partial charge in [-0.05, 0) is 80.5 Å². The second-order valence-corrected chi connectivity index (χ2v) is 7.76. The van der Waals surface area contributed by atoms with Crippen molar-refractivity contribution in [3.05, 3.63) is 87.7 Å². The van der Waals surface area contributed by atoms with Gasteiger partial charge in [-0.3, -0.25) is 4.79 Å². The maximum atomic E-state index is 13.7. The number of rotatable bonds is 4. The highest BCUT2D eigenvalue weighted by Crippen LogP contribution is 2.31. The molecule has 2 aromatic carbocycles. The zero-order valence-corrected chi connectivity index (χ0v) is 16.7. The topological polar surface area (TPSA) is 34.0 Å². The molecule has 1 heterocycles. The molecule has 0 radical (unpaired) electrons. The molecule has 5 heteroatoms. The Morgan fingerprint density at radius 1 is 1.00 bits per heavy atom. The number of hydrogen-bond acceptors (Lipinski definition) is 1. The van der Waals surface area contributed by atoms with E-state index >= 15 is 0 Å². The minimum absolute atomic E-state index is 0.177. The number of carbonyl (C=O) groups is 1. The SMILES string of the molecule is Cc1ccc(NC(=O)c2c(C)c3c(n2Cc2ccc(F)c(F)c2)CCCC3)cc1. The highest BCUT2D eigenvalue weighted by atomic mass is 19.2. The van der Waals surface area contributed by atoms with Crippen LogP contribution in [-0.2, 0) is 19.4 Å². The lowest BCUT2D eigenvalue weighted by Gasteiger charge is -2.17. The molecule has 0 unspecified atom stereocenters. The van der Waals surface area contributed by atoms with E-state index in [1.807, 2.05) is 42.7 Å². The largest absolute Gasteiger partial charge is 0.336 e. The fraction of sp³-hybridized carbons (Fsp3) is 0.292. The normalized spacial score (nSPS) is 13.2. The van der Waals surface area contributed by atoms with Crippen LogP contribution < -0.4 is 5.32 Å². The third-order valence-electron chi connectivity index (χ3n) is 5.69. The Bertz CT molecular complexity index is 1070. The number of amides is 1. The Balaban J connectivity index is 1.73. The van der Waals surface area contributed by atoms with Crippen LogP contribution in [0, 0.1) is 25.5 Å². The van der Waals surface area contributed by atoms with E-state index in [0.717, 1.165) is 54.3 Å². The first-order valence-corrected chi connectivity index (χ1v) is 9.97. The van der Waals surface area contributed by atoms with Crippen molar-refractivity contribution in [2.75, 3.05) is 5.32 Å². The summed E-state index contributed by atoms with van der Waals surface area (Å²) in [6.07, 6.45) is 3.99. The highest BCUT2D eigenvalue weighted by Gasteiger charge is 2.26. The average Bonchev–Trinajstić information content (AvgIpc) is 2.99. The van der Waals surface area contributed by atoms with Crippen molar-refractivity contribution < 1.29 is 13.6 Å². The number of benzene rings is 2. The summed E-state index contributed by atoms with van der Waals surface area (Å²) in [6, 6.07) is 11.6. The van der Waals surface area contributed by atoms with Gasteiger partial charge in [0.05, 0.1) is 0 Å². The van der Waals surface area contributed by atoms with Crippen molar-refractivity contribution in [2.45, 2.75) is 46.1 Å². The molecular weight excluding hydrogens is 370 g/mol. The van der Waals surface area contributed by atoms with E-state index in [4.69, 9.17) is 0 Å². The molecule has 1 N–H and O–H groups in total. The van der Waals surface area contributed by atoms with Gasteiger partial charge in [0.1, 0.15) is 5.69 Å². The number of halogens is 2. The predicted octanol–water partition coefficient (Wildman–Crippen LogP) is 5.56. The summed E-state index contributed by atoms with van der Waals surface area (Å²) in [4.78, 5) is 13.2. The molecule has 0 spiro atoms. The second kappa shape index (κ2) is 7.82. The Morgan fingerprint density at radius 2 is 1.72 bits per heavy atom. The Hall–Kier alpha value is -2.95. The zero-order chi connectivity index (χ0) is 20.5. The molecule has 1 aliphatic rings. The van der Waals surface area contributed by atoms with Gasteiger partial charge in [-0.15, -0.1) is 0 Å². The fourth-order valence-corrected chi connectivity index (χ4v) is 4.19. The molecule has 150 valence electrons. The maximum absolute atomic E-state index is 13.7. The summed E-state index contributed by atoms with van der Waals surface area (Å²) in [7, 11) is 0. The third kappa shape index (κ3) is 3.82. The molecule has 0 saturated heterocycles. The summed E-state index contributed by atoms with van der Waals surface area (Å²) in [5.41, 5.74) is 6.42. The summed E-state index contributed by atoms with van der Waals surface area (Å²) in [6.45, 7) is 4.32. The van der Waals surface area contributed by atoms with Crippen LogP contribution in [0.5, 0.6) is 0 Å². The van der Waals surface area contributed by atoms with Crippen molar-refractivity contribution in [2.24, 2.45) is 0 Å². The fourth-order valence-electron chi connectivity index (χ4n) is 4.19. The first-order valence-electron chi connectivity index (χ1n) is 9.97. The van der Waals surface area contributed by atoms with E-state index in [9.17, 15) is 13.6 Å². The number of aryl methyl sites for hydroxylation is 1. The summed E-state index contributed by atoms with van der Waals surface area (Å²) >= 11 is 0. The third-order valence-corrected chi connectivity index (χ3v) is 5.69. The number of aromatic nitrogens is 1. The number of nitrogens with one attached hydrogen (secondary N) is 1. The molecule has 1 amide bonds. The number of carbonyl (C=O) groups excluding carboxylic acids is 1. The van der Waals surface area contributed by atoms with Gasteiger partial charge in [-0.1, -0.05) is 23.8 Å². The first-order chi connectivity index (χ1) is 13.9. The maximum Gasteiger partial charge on any atom is 0.272 e. The van der Waals surface area contributed by atoms with Crippen LogP contribution in [0.3, 0.4) is 0 Å². The van der Waals surface area contributed by atoms with Crippen LogP contribution in [0.2, 0.25) is 0 Å². The molecule has 0 bridgehead atoms. The standard InChI is InChI=1S/C24H24F2N2O/c1-15-7-10-18(11-8-15)27-24(29)23-16(2)19-5-3-4-6-22(19)28(23)14-17-9-12-20(25)21(26)13-17/h7-13H,3-6,14H2,1-2H3,(H,27,29). The average molecular weight is 394 g/mol. The molecule has 0 aliphatic heterocycles. The van der Waals surface area contributed by atoms with Crippen molar-refractivity contribution >= 4 is 11.6 Å². The van der Waals surface area contributed by atoms with Gasteiger partial charge >= 0.3 is 0 Å². The molecule has 1 aromatic heterocycles. The van der Waals surface area contributed by atoms with Crippen LogP contribution in [0.15, 0.2) is 42.5 Å². The minimum Gasteiger partial charge on any atom is -0.336 e. The van der Waals surface area contributed by atoms with E-state index in [-0.39, 0.29) is 5.91 Å². The van der Waals surface area contributed by atoms with E-state index in [1.54, 1.807) is 6.07 Å². The zero-order valence-electron chi connectivity index (χ0n) is 16.7. The van der Waals surface area contributed by atoms with Crippen molar-refractivity contribution in [3.8, 4) is 0 Å². The van der Waals surface area contributed by atoms with Crippen molar-refractivity contribution in [1.29, 1.82) is 0 Å². The first kappa shape index (κ1) is 19.4. The number of fused-ring (bicyclic) bond motifs is 1. The van der Waals surface area contributed by atoms with Gasteiger partial charge in [0.15, 0.2) is 11.6 Å². The van der Waals surface area contributed by atoms with E-state index in [0.29, 0.717) is 17.8 Å². The number of nitrogens with zero attached hydrogens (tertiary/aromatic N) is 1. The van der Waals surface area contributed by atoms with Crippen molar-refractivity contribution in [3.63, 3.8) is 0 Å². The predicted molar refractivity (Wildman–Crippen MR) is 110 cm³/mol. The number of anilines is 1. The molecule has 29 heavy (non-hydrogen) atoms. The van der Waals surface area contributed by atoms with Gasteiger partial charge in [0.25, 0.3) is 5.91 Å². The molecule has 0 atom stereocenters. The molecule has 3 aromatic rings. The molecule has 1 aliphatic carbocycles. The smallest absolute Gasteiger partial charge is 0.272 e. The Kier molecular flexibility index (Phi) is 5.22. The van der Waals surface area contributed by atoms with Crippen LogP contribution in [0.1, 0.15) is 51.3 Å². The van der Waals surface area contributed by atoms with Gasteiger partial charge in [0, 0.05) is 17.9 Å². The second-order valence-electron chi connectivity index (χ2n) is 7.76.